The quantitative estimate of drug-likeness (QED) is 0.164. The van der Waals surface area contributed by atoms with E-state index in [-0.39, 0.29) is 30.2 Å². The molecular formula is C33H38FN7O4. The number of anilines is 3. The molecule has 0 radical (unpaired) electrons. The van der Waals surface area contributed by atoms with Crippen LogP contribution in [-0.4, -0.2) is 68.8 Å². The Morgan fingerprint density at radius 1 is 1.13 bits per heavy atom. The molecule has 1 aliphatic heterocycles. The van der Waals surface area contributed by atoms with E-state index >= 15 is 0 Å². The van der Waals surface area contributed by atoms with Crippen LogP contribution in [0.25, 0.3) is 5.65 Å². The fraction of sp³-hybridized carbons (Fsp3) is 0.333. The Morgan fingerprint density at radius 3 is 2.67 bits per heavy atom. The van der Waals surface area contributed by atoms with Crippen LogP contribution < -0.4 is 20.7 Å². The molecule has 0 aliphatic carbocycles. The number of carbonyl (C=O) groups excluding carboxylic acids is 2. The van der Waals surface area contributed by atoms with Crippen molar-refractivity contribution in [2.24, 2.45) is 0 Å². The second kappa shape index (κ2) is 14.3. The molecule has 0 bridgehead atoms. The zero-order chi connectivity index (χ0) is 31.9. The maximum Gasteiger partial charge on any atom is 0.283 e. The molecule has 1 saturated heterocycles. The number of carbonyl (C=O) groups is 2. The summed E-state index contributed by atoms with van der Waals surface area (Å²) in [4.78, 5) is 31.6. The lowest BCUT2D eigenvalue weighted by Crippen LogP contribution is -2.42. The molecule has 0 saturated carbocycles. The Labute approximate surface area is 261 Å². The van der Waals surface area contributed by atoms with Crippen LogP contribution in [0.15, 0.2) is 73.2 Å². The van der Waals surface area contributed by atoms with Gasteiger partial charge >= 0.3 is 0 Å². The summed E-state index contributed by atoms with van der Waals surface area (Å²) in [6.07, 6.45) is 3.71. The average molecular weight is 616 g/mol. The van der Waals surface area contributed by atoms with E-state index in [1.54, 1.807) is 28.8 Å². The summed E-state index contributed by atoms with van der Waals surface area (Å²) in [5, 5.41) is 22.7. The van der Waals surface area contributed by atoms with Crippen LogP contribution in [0.2, 0.25) is 0 Å². The van der Waals surface area contributed by atoms with Gasteiger partial charge < -0.3 is 25.8 Å². The lowest BCUT2D eigenvalue weighted by molar-refractivity contribution is -0.114. The number of fused-ring (bicyclic) bond motifs is 1. The van der Waals surface area contributed by atoms with E-state index in [1.165, 1.54) is 6.07 Å². The molecule has 2 aromatic heterocycles. The molecule has 2 aromatic carbocycles. The van der Waals surface area contributed by atoms with Gasteiger partial charge in [-0.15, -0.1) is 0 Å². The summed E-state index contributed by atoms with van der Waals surface area (Å²) in [7, 11) is 0. The number of hydrogen-bond donors (Lipinski definition) is 4. The maximum absolute atomic E-state index is 13.1. The predicted molar refractivity (Wildman–Crippen MR) is 171 cm³/mol. The number of hydrogen-bond acceptors (Lipinski definition) is 8. The number of ether oxygens (including phenoxy) is 1. The molecule has 12 heteroatoms. The van der Waals surface area contributed by atoms with Gasteiger partial charge in [0.1, 0.15) is 11.9 Å². The van der Waals surface area contributed by atoms with Gasteiger partial charge in [0.2, 0.25) is 5.88 Å². The second-order valence-electron chi connectivity index (χ2n) is 11.3. The average Bonchev–Trinajstić information content (AvgIpc) is 3.45. The molecule has 45 heavy (non-hydrogen) atoms. The summed E-state index contributed by atoms with van der Waals surface area (Å²) >= 11 is 0. The lowest BCUT2D eigenvalue weighted by atomic mass is 10.1. The van der Waals surface area contributed by atoms with Crippen molar-refractivity contribution in [3.05, 3.63) is 89.9 Å². The lowest BCUT2D eigenvalue weighted by Gasteiger charge is -2.32. The third kappa shape index (κ3) is 8.02. The molecule has 1 fully saturated rings. The van der Waals surface area contributed by atoms with Gasteiger partial charge in [-0.2, -0.15) is 14.6 Å². The van der Waals surface area contributed by atoms with Gasteiger partial charge in [0.15, 0.2) is 11.5 Å². The monoisotopic (exact) mass is 615 g/mol. The van der Waals surface area contributed by atoms with Gasteiger partial charge in [-0.1, -0.05) is 38.6 Å². The van der Waals surface area contributed by atoms with Crippen molar-refractivity contribution in [2.45, 2.75) is 45.3 Å². The molecule has 3 heterocycles. The zero-order valence-electron chi connectivity index (χ0n) is 25.4. The fourth-order valence-electron chi connectivity index (χ4n) is 5.27. The highest BCUT2D eigenvalue weighted by Gasteiger charge is 2.23. The first kappa shape index (κ1) is 31.6. The van der Waals surface area contributed by atoms with Gasteiger partial charge in [-0.05, 0) is 61.2 Å². The van der Waals surface area contributed by atoms with Crippen molar-refractivity contribution in [1.82, 2.24) is 19.5 Å². The van der Waals surface area contributed by atoms with E-state index in [0.29, 0.717) is 36.0 Å². The van der Waals surface area contributed by atoms with E-state index in [0.717, 1.165) is 42.7 Å². The topological polar surface area (TPSA) is 133 Å². The number of piperidine rings is 1. The van der Waals surface area contributed by atoms with Gasteiger partial charge in [-0.25, -0.2) is 4.39 Å². The fourth-order valence-corrected chi connectivity index (χ4v) is 5.27. The molecule has 1 atom stereocenters. The molecule has 2 amide bonds. The zero-order valence-corrected chi connectivity index (χ0v) is 25.4. The molecule has 1 aliphatic rings. The van der Waals surface area contributed by atoms with Crippen molar-refractivity contribution < 1.29 is 23.8 Å². The molecule has 1 unspecified atom stereocenters. The Morgan fingerprint density at radius 2 is 1.91 bits per heavy atom. The minimum absolute atomic E-state index is 0.0288. The Bertz CT molecular complexity index is 1690. The molecule has 5 rings (SSSR count). The van der Waals surface area contributed by atoms with E-state index in [4.69, 9.17) is 9.72 Å². The van der Waals surface area contributed by atoms with Gasteiger partial charge in [0.05, 0.1) is 12.8 Å². The summed E-state index contributed by atoms with van der Waals surface area (Å²) in [6.45, 7) is 10.0. The van der Waals surface area contributed by atoms with Crippen molar-refractivity contribution in [1.29, 1.82) is 0 Å². The molecule has 236 valence electrons. The second-order valence-corrected chi connectivity index (χ2v) is 11.3. The number of β-amino-alcohol motifs (C(OH)–C–C–N with tert-alkyl or cyclic N) is 1. The van der Waals surface area contributed by atoms with E-state index in [1.807, 2.05) is 30.5 Å². The standard InChI is InChI=1S/C33H38FN7O4/c1-21(2)28-19-36-41-29(17-30(39-31(28)41)45-27-11-6-12-40(20-27)13-14-42)35-18-23-7-4-9-25(15-23)38-33(44)24-8-5-10-26(16-24)37-32(43)22(3)34/h4-5,7-10,15-17,19,21,27,35,42H,3,6,11-14,18,20H2,1-2H3,(H,37,43)(H,38,44). The Hall–Kier alpha value is -4.81. The van der Waals surface area contributed by atoms with Crippen molar-refractivity contribution in [3.63, 3.8) is 0 Å². The number of amides is 2. The van der Waals surface area contributed by atoms with Gasteiger partial charge in [0.25, 0.3) is 11.8 Å². The van der Waals surface area contributed by atoms with Crippen molar-refractivity contribution >= 4 is 34.7 Å². The summed E-state index contributed by atoms with van der Waals surface area (Å²) in [5.74, 6) is -1.02. The molecule has 4 aromatic rings. The first-order chi connectivity index (χ1) is 21.7. The van der Waals surface area contributed by atoms with Crippen molar-refractivity contribution in [2.75, 3.05) is 42.2 Å². The number of halogens is 1. The van der Waals surface area contributed by atoms with Crippen LogP contribution in [0.1, 0.15) is 54.1 Å². The highest BCUT2D eigenvalue weighted by molar-refractivity contribution is 6.06. The summed E-state index contributed by atoms with van der Waals surface area (Å²) in [6, 6.07) is 15.5. The highest BCUT2D eigenvalue weighted by Crippen LogP contribution is 2.27. The summed E-state index contributed by atoms with van der Waals surface area (Å²) < 4.78 is 21.2. The summed E-state index contributed by atoms with van der Waals surface area (Å²) in [5.41, 5.74) is 3.80. The van der Waals surface area contributed by atoms with Crippen molar-refractivity contribution in [3.8, 4) is 5.88 Å². The first-order valence-electron chi connectivity index (χ1n) is 15.0. The smallest absolute Gasteiger partial charge is 0.283 e. The number of nitrogens with zero attached hydrogens (tertiary/aromatic N) is 4. The van der Waals surface area contributed by atoms with Crippen LogP contribution >= 0.6 is 0 Å². The van der Waals surface area contributed by atoms with Gasteiger partial charge in [0, 0.05) is 48.2 Å². The number of nitrogens with one attached hydrogen (secondary N) is 3. The minimum Gasteiger partial charge on any atom is -0.473 e. The van der Waals surface area contributed by atoms with Crippen LogP contribution in [0, 0.1) is 0 Å². The third-order valence-electron chi connectivity index (χ3n) is 7.55. The maximum atomic E-state index is 13.1. The number of rotatable bonds is 12. The van der Waals surface area contributed by atoms with Crippen LogP contribution in [0.4, 0.5) is 21.6 Å². The van der Waals surface area contributed by atoms with Crippen LogP contribution in [-0.2, 0) is 11.3 Å². The Balaban J connectivity index is 1.30. The number of benzene rings is 2. The number of likely N-dealkylation sites (tertiary alicyclic amines) is 1. The normalized spacial score (nSPS) is 15.2. The largest absolute Gasteiger partial charge is 0.473 e. The number of aliphatic hydroxyl groups excluding tert-OH is 1. The van der Waals surface area contributed by atoms with E-state index in [9.17, 15) is 19.1 Å². The molecule has 4 N–H and O–H groups in total. The number of aromatic nitrogens is 3. The third-order valence-corrected chi connectivity index (χ3v) is 7.55. The highest BCUT2D eigenvalue weighted by atomic mass is 19.1. The predicted octanol–water partition coefficient (Wildman–Crippen LogP) is 4.97. The number of aliphatic hydroxyl groups is 1. The van der Waals surface area contributed by atoms with E-state index in [2.05, 4.69) is 46.4 Å². The molecule has 11 nitrogen and oxygen atoms in total. The molecule has 0 spiro atoms. The van der Waals surface area contributed by atoms with Crippen LogP contribution in [0.3, 0.4) is 0 Å². The molecular weight excluding hydrogens is 577 g/mol. The Kier molecular flexibility index (Phi) is 10.1. The van der Waals surface area contributed by atoms with E-state index < -0.39 is 11.7 Å². The van der Waals surface area contributed by atoms with Gasteiger partial charge in [-0.3, -0.25) is 14.5 Å². The van der Waals surface area contributed by atoms with Crippen LogP contribution in [0.5, 0.6) is 5.88 Å². The SMILES string of the molecule is C=C(F)C(=O)Nc1cccc(C(=O)Nc2cccc(CNc3cc(OC4CCCN(CCO)C4)nc4c(C(C)C)cnn34)c2)c1. The first-order valence-corrected chi connectivity index (χ1v) is 15.0. The minimum atomic E-state index is -1.12.